The minimum absolute atomic E-state index is 0. The first kappa shape index (κ1) is 56.2. The molecule has 0 atom stereocenters. The maximum atomic E-state index is 12.8. The summed E-state index contributed by atoms with van der Waals surface area (Å²) in [5, 5.41) is 4.44. The number of methoxy groups -OCH3 is 1. The van der Waals surface area contributed by atoms with Crippen LogP contribution in [0.2, 0.25) is 0 Å². The molecule has 0 bridgehead atoms. The number of hydrogen-bond donors (Lipinski definition) is 4. The van der Waals surface area contributed by atoms with E-state index < -0.39 is 25.6 Å². The highest BCUT2D eigenvalue weighted by Crippen LogP contribution is 2.27. The zero-order valence-corrected chi connectivity index (χ0v) is 43.3. The molecule has 73 heavy (non-hydrogen) atoms. The molecule has 17 nitrogen and oxygen atoms in total. The Bertz CT molecular complexity index is 3560. The van der Waals surface area contributed by atoms with E-state index >= 15 is 0 Å². The third-order valence-corrected chi connectivity index (χ3v) is 13.8. The minimum atomic E-state index is -3.48. The van der Waals surface area contributed by atoms with Crippen LogP contribution in [0.1, 0.15) is 95.4 Å². The number of benzene rings is 2. The van der Waals surface area contributed by atoms with Crippen LogP contribution in [0.5, 0.6) is 0 Å². The molecule has 6 aromatic heterocycles. The summed E-state index contributed by atoms with van der Waals surface area (Å²) in [6.07, 6.45) is 9.52. The van der Waals surface area contributed by atoms with Crippen molar-refractivity contribution in [2.45, 2.75) is 84.7 Å². The Morgan fingerprint density at radius 1 is 0.603 bits per heavy atom. The number of sulfone groups is 2. The quantitative estimate of drug-likeness (QED) is 0.0910. The van der Waals surface area contributed by atoms with E-state index in [1.165, 1.54) is 25.8 Å². The van der Waals surface area contributed by atoms with Crippen molar-refractivity contribution in [1.82, 2.24) is 35.2 Å². The number of aromatic nitrogens is 6. The SMILES string of the molecule is C.COC(=O)c1ccnc(Cc2cc(S(C)(=O)=O)c3ncc(C)cc3c2)c1.Cc1cc(N)nc(C)c1CN.Cc1cnc2c(S(C)(=O)=O)cc(Cc3cc(C(=O)NCc4c(C)cc(N)nc4C)ccn3)cc2c1. The standard InChI is InChI=1S/C26H27N5O3S.C19H18N2O4S.C8H13N3.CH4/c1-15-7-20-9-18(11-23(35(4,33)34)25(20)29-13-15)10-21-12-19(5-6-28-21)26(32)30-14-22-16(2)8-24(27)31-17(22)3;1-12-6-15-7-13(9-17(26(3,23)24)18(15)21-11-12)8-16-10-14(4-5-20-16)19(22)25-2;1-5-3-8(10)11-6(2)7(5)4-9;/h5-9,11-13H,10,14H2,1-4H3,(H2,27,31)(H,30,32);4-7,9-11H,8H2,1-3H3;3H,4,9H2,1-2H3,(H2,10,11);1H4. The number of anilines is 2. The fourth-order valence-corrected chi connectivity index (χ4v) is 9.89. The molecule has 8 aromatic rings. The van der Waals surface area contributed by atoms with E-state index in [-0.39, 0.29) is 23.1 Å². The molecule has 0 spiro atoms. The molecule has 0 aliphatic rings. The van der Waals surface area contributed by atoms with Crippen LogP contribution in [-0.2, 0) is 50.3 Å². The molecule has 0 aliphatic heterocycles. The number of ether oxygens (including phenoxy) is 1. The lowest BCUT2D eigenvalue weighted by Gasteiger charge is -2.12. The number of nitrogen functional groups attached to an aromatic ring is 2. The average Bonchev–Trinajstić information content (AvgIpc) is 3.30. The number of aryl methyl sites for hydroxylation is 6. The molecular weight excluding hydrogens is 965 g/mol. The van der Waals surface area contributed by atoms with Gasteiger partial charge in [0.25, 0.3) is 5.91 Å². The number of nitrogens with one attached hydrogen (secondary N) is 1. The van der Waals surface area contributed by atoms with Crippen LogP contribution in [0, 0.1) is 41.5 Å². The third kappa shape index (κ3) is 14.5. The molecule has 0 saturated carbocycles. The topological polar surface area (TPSA) is 279 Å². The lowest BCUT2D eigenvalue weighted by molar-refractivity contribution is 0.0600. The zero-order valence-electron chi connectivity index (χ0n) is 41.7. The van der Waals surface area contributed by atoms with Crippen molar-refractivity contribution in [3.8, 4) is 0 Å². The summed E-state index contributed by atoms with van der Waals surface area (Å²) in [6, 6.07) is 21.1. The first-order valence-electron chi connectivity index (χ1n) is 22.5. The highest BCUT2D eigenvalue weighted by atomic mass is 32.2. The van der Waals surface area contributed by atoms with Gasteiger partial charge in [0.05, 0.1) is 33.5 Å². The molecule has 0 unspecified atom stereocenters. The van der Waals surface area contributed by atoms with Gasteiger partial charge in [0.15, 0.2) is 19.7 Å². The summed E-state index contributed by atoms with van der Waals surface area (Å²) in [5.41, 5.74) is 29.2. The number of pyridine rings is 6. The average molecular weight is 1030 g/mol. The molecule has 7 N–H and O–H groups in total. The second-order valence-corrected chi connectivity index (χ2v) is 21.5. The number of esters is 1. The number of carbonyl (C=O) groups is 2. The fourth-order valence-electron chi connectivity index (χ4n) is 8.12. The number of hydrogen-bond acceptors (Lipinski definition) is 16. The Hall–Kier alpha value is -7.74. The number of amides is 1. The summed E-state index contributed by atoms with van der Waals surface area (Å²) in [7, 11) is -5.60. The summed E-state index contributed by atoms with van der Waals surface area (Å²) >= 11 is 0. The van der Waals surface area contributed by atoms with E-state index in [1.807, 2.05) is 71.9 Å². The predicted octanol–water partition coefficient (Wildman–Crippen LogP) is 7.55. The number of fused-ring (bicyclic) bond motifs is 2. The molecule has 1 amide bonds. The van der Waals surface area contributed by atoms with Crippen LogP contribution in [0.15, 0.2) is 107 Å². The summed E-state index contributed by atoms with van der Waals surface area (Å²) in [5.74, 6) is 0.341. The van der Waals surface area contributed by atoms with Gasteiger partial charge in [-0.25, -0.2) is 31.6 Å². The Morgan fingerprint density at radius 3 is 1.47 bits per heavy atom. The summed E-state index contributed by atoms with van der Waals surface area (Å²) in [6.45, 7) is 12.4. The second-order valence-electron chi connectivity index (χ2n) is 17.6. The van der Waals surface area contributed by atoms with E-state index in [0.717, 1.165) is 66.7 Å². The predicted molar refractivity (Wildman–Crippen MR) is 287 cm³/mol. The molecule has 0 aliphatic carbocycles. The van der Waals surface area contributed by atoms with Crippen LogP contribution in [-0.4, -0.2) is 78.2 Å². The molecule has 19 heteroatoms. The van der Waals surface area contributed by atoms with Gasteiger partial charge in [-0.3, -0.25) is 24.7 Å². The van der Waals surface area contributed by atoms with Gasteiger partial charge in [-0.2, -0.15) is 0 Å². The largest absolute Gasteiger partial charge is 0.465 e. The normalized spacial score (nSPS) is 11.2. The highest BCUT2D eigenvalue weighted by molar-refractivity contribution is 7.91. The lowest BCUT2D eigenvalue weighted by atomic mass is 10.0. The molecule has 2 aromatic carbocycles. The molecule has 0 radical (unpaired) electrons. The van der Waals surface area contributed by atoms with Gasteiger partial charge in [0.2, 0.25) is 0 Å². The maximum absolute atomic E-state index is 12.8. The number of carbonyl (C=O) groups excluding carboxylic acids is 2. The van der Waals surface area contributed by atoms with Crippen LogP contribution >= 0.6 is 0 Å². The second kappa shape index (κ2) is 23.7. The number of rotatable bonds is 11. The van der Waals surface area contributed by atoms with Crippen molar-refractivity contribution in [3.63, 3.8) is 0 Å². The highest BCUT2D eigenvalue weighted by Gasteiger charge is 2.18. The number of nitrogens with zero attached hydrogens (tertiary/aromatic N) is 6. The van der Waals surface area contributed by atoms with Gasteiger partial charge in [-0.15, -0.1) is 0 Å². The van der Waals surface area contributed by atoms with Gasteiger partial charge in [0, 0.05) is 102 Å². The fraction of sp³-hybridized carbons (Fsp3) is 0.259. The molecule has 382 valence electrons. The Balaban J connectivity index is 0.000000228. The van der Waals surface area contributed by atoms with Crippen molar-refractivity contribution < 1.29 is 31.2 Å². The third-order valence-electron chi connectivity index (χ3n) is 11.6. The van der Waals surface area contributed by atoms with Gasteiger partial charge in [-0.05, 0) is 159 Å². The molecule has 8 rings (SSSR count). The maximum Gasteiger partial charge on any atom is 0.337 e. The van der Waals surface area contributed by atoms with Crippen molar-refractivity contribution >= 4 is 65.0 Å². The van der Waals surface area contributed by atoms with Gasteiger partial charge < -0.3 is 27.3 Å². The van der Waals surface area contributed by atoms with Crippen LogP contribution < -0.4 is 22.5 Å². The Morgan fingerprint density at radius 2 is 1.04 bits per heavy atom. The van der Waals surface area contributed by atoms with Gasteiger partial charge >= 0.3 is 5.97 Å². The van der Waals surface area contributed by atoms with Gasteiger partial charge in [-0.1, -0.05) is 7.43 Å². The first-order chi connectivity index (χ1) is 33.9. The zero-order chi connectivity index (χ0) is 52.7. The first-order valence-corrected chi connectivity index (χ1v) is 26.3. The smallest absolute Gasteiger partial charge is 0.337 e. The van der Waals surface area contributed by atoms with Crippen molar-refractivity contribution in [2.75, 3.05) is 31.1 Å². The van der Waals surface area contributed by atoms with E-state index in [9.17, 15) is 26.4 Å². The minimum Gasteiger partial charge on any atom is -0.465 e. The van der Waals surface area contributed by atoms with E-state index in [0.29, 0.717) is 71.1 Å². The molecular formula is C54H62N10O7S2. The molecule has 0 fully saturated rings. The summed E-state index contributed by atoms with van der Waals surface area (Å²) in [4.78, 5) is 50.5. The van der Waals surface area contributed by atoms with Gasteiger partial charge in [0.1, 0.15) is 11.6 Å². The van der Waals surface area contributed by atoms with Crippen molar-refractivity contribution in [1.29, 1.82) is 0 Å². The lowest BCUT2D eigenvalue weighted by Crippen LogP contribution is -2.24. The molecule has 0 saturated heterocycles. The van der Waals surface area contributed by atoms with Crippen LogP contribution in [0.4, 0.5) is 11.6 Å². The van der Waals surface area contributed by atoms with E-state index in [4.69, 9.17) is 21.9 Å². The van der Waals surface area contributed by atoms with Crippen LogP contribution in [0.25, 0.3) is 21.8 Å². The number of nitrogens with two attached hydrogens (primary N) is 3. The van der Waals surface area contributed by atoms with Crippen molar-refractivity contribution in [2.24, 2.45) is 5.73 Å². The Labute approximate surface area is 427 Å². The molecule has 6 heterocycles. The summed E-state index contributed by atoms with van der Waals surface area (Å²) < 4.78 is 54.0. The van der Waals surface area contributed by atoms with E-state index in [1.54, 1.807) is 61.1 Å². The van der Waals surface area contributed by atoms with Crippen molar-refractivity contribution in [3.05, 3.63) is 176 Å². The van der Waals surface area contributed by atoms with E-state index in [2.05, 4.69) is 35.2 Å². The Kier molecular flexibility index (Phi) is 18.2. The van der Waals surface area contributed by atoms with Crippen LogP contribution in [0.3, 0.4) is 0 Å². The monoisotopic (exact) mass is 1030 g/mol.